The molecule has 0 amide bonds. The first kappa shape index (κ1) is 12.8. The maximum absolute atomic E-state index is 11.8. The van der Waals surface area contributed by atoms with E-state index in [2.05, 4.69) is 22.4 Å². The third-order valence-corrected chi connectivity index (χ3v) is 4.87. The fraction of sp³-hybridized carbons (Fsp3) is 0.909. The Morgan fingerprint density at radius 3 is 2.29 bits per heavy atom. The number of nitriles is 1. The van der Waals surface area contributed by atoms with Crippen LogP contribution in [0, 0.1) is 17.2 Å². The molecule has 96 valence electrons. The molecule has 5 nitrogen and oxygen atoms in total. The van der Waals surface area contributed by atoms with Gasteiger partial charge in [0.15, 0.2) is 0 Å². The SMILES string of the molecule is CC1CCC(C#N)(NS(=O)(=O)NC2CC2)CC1. The fourth-order valence-electron chi connectivity index (χ4n) is 2.20. The number of nitrogens with zero attached hydrogens (tertiary/aromatic N) is 1. The highest BCUT2D eigenvalue weighted by Crippen LogP contribution is 2.32. The highest BCUT2D eigenvalue weighted by Gasteiger charge is 2.39. The minimum Gasteiger partial charge on any atom is -0.199 e. The third kappa shape index (κ3) is 3.41. The van der Waals surface area contributed by atoms with E-state index in [1.54, 1.807) is 0 Å². The standard InChI is InChI=1S/C11H19N3O2S/c1-9-4-6-11(8-12,7-5-9)14-17(15,16)13-10-2-3-10/h9-10,13-14H,2-7H2,1H3. The van der Waals surface area contributed by atoms with E-state index in [4.69, 9.17) is 0 Å². The van der Waals surface area contributed by atoms with Gasteiger partial charge in [0.1, 0.15) is 5.54 Å². The van der Waals surface area contributed by atoms with E-state index < -0.39 is 15.7 Å². The first-order valence-electron chi connectivity index (χ1n) is 6.17. The van der Waals surface area contributed by atoms with Gasteiger partial charge in [0.05, 0.1) is 6.07 Å². The van der Waals surface area contributed by atoms with Gasteiger partial charge in [0.2, 0.25) is 0 Å². The first-order valence-corrected chi connectivity index (χ1v) is 7.65. The second-order valence-electron chi connectivity index (χ2n) is 5.37. The van der Waals surface area contributed by atoms with Crippen molar-refractivity contribution in [1.29, 1.82) is 5.26 Å². The highest BCUT2D eigenvalue weighted by atomic mass is 32.2. The Morgan fingerprint density at radius 2 is 1.82 bits per heavy atom. The summed E-state index contributed by atoms with van der Waals surface area (Å²) in [6.45, 7) is 2.14. The highest BCUT2D eigenvalue weighted by molar-refractivity contribution is 7.87. The molecule has 0 spiro atoms. The van der Waals surface area contributed by atoms with Crippen LogP contribution >= 0.6 is 0 Å². The van der Waals surface area contributed by atoms with Crippen LogP contribution in [0.4, 0.5) is 0 Å². The van der Waals surface area contributed by atoms with Gasteiger partial charge in [-0.05, 0) is 44.4 Å². The van der Waals surface area contributed by atoms with E-state index in [0.29, 0.717) is 18.8 Å². The van der Waals surface area contributed by atoms with Crippen LogP contribution in [0.1, 0.15) is 45.4 Å². The smallest absolute Gasteiger partial charge is 0.199 e. The molecule has 0 unspecified atom stereocenters. The van der Waals surface area contributed by atoms with Crippen molar-refractivity contribution >= 4 is 10.2 Å². The molecule has 2 rings (SSSR count). The van der Waals surface area contributed by atoms with E-state index in [-0.39, 0.29) is 6.04 Å². The number of nitrogens with one attached hydrogen (secondary N) is 2. The zero-order valence-electron chi connectivity index (χ0n) is 10.1. The average molecular weight is 257 g/mol. The second kappa shape index (κ2) is 4.56. The lowest BCUT2D eigenvalue weighted by atomic mass is 9.79. The summed E-state index contributed by atoms with van der Waals surface area (Å²) in [6.07, 6.45) is 4.82. The van der Waals surface area contributed by atoms with E-state index in [1.807, 2.05) is 0 Å². The summed E-state index contributed by atoms with van der Waals surface area (Å²) < 4.78 is 28.8. The van der Waals surface area contributed by atoms with Crippen LogP contribution in [0.25, 0.3) is 0 Å². The molecule has 2 fully saturated rings. The minimum absolute atomic E-state index is 0.0748. The van der Waals surface area contributed by atoms with Gasteiger partial charge in [-0.1, -0.05) is 6.92 Å². The molecule has 0 aromatic carbocycles. The molecule has 0 aromatic rings. The summed E-state index contributed by atoms with van der Waals surface area (Å²) in [7, 11) is -3.53. The zero-order valence-corrected chi connectivity index (χ0v) is 10.9. The molecule has 2 N–H and O–H groups in total. The average Bonchev–Trinajstić information content (AvgIpc) is 3.04. The fourth-order valence-corrected chi connectivity index (χ4v) is 3.70. The van der Waals surface area contributed by atoms with Crippen molar-refractivity contribution in [3.05, 3.63) is 0 Å². The lowest BCUT2D eigenvalue weighted by Crippen LogP contribution is -2.53. The molecule has 2 aliphatic carbocycles. The van der Waals surface area contributed by atoms with Crippen LogP contribution in [0.2, 0.25) is 0 Å². The van der Waals surface area contributed by atoms with Crippen LogP contribution in [0.5, 0.6) is 0 Å². The molecule has 0 aliphatic heterocycles. The number of hydrogen-bond acceptors (Lipinski definition) is 3. The van der Waals surface area contributed by atoms with Crippen molar-refractivity contribution in [2.45, 2.75) is 57.0 Å². The van der Waals surface area contributed by atoms with Crippen molar-refractivity contribution in [3.8, 4) is 6.07 Å². The predicted octanol–water partition coefficient (Wildman–Crippen LogP) is 1.05. The number of rotatable bonds is 4. The normalized spacial score (nSPS) is 34.2. The van der Waals surface area contributed by atoms with E-state index in [1.165, 1.54) is 0 Å². The van der Waals surface area contributed by atoms with Gasteiger partial charge in [-0.15, -0.1) is 0 Å². The zero-order chi connectivity index (χ0) is 12.5. The van der Waals surface area contributed by atoms with Crippen LogP contribution < -0.4 is 9.44 Å². The number of hydrogen-bond donors (Lipinski definition) is 2. The summed E-state index contributed by atoms with van der Waals surface area (Å²) in [5.41, 5.74) is -0.896. The van der Waals surface area contributed by atoms with E-state index in [0.717, 1.165) is 25.7 Å². The van der Waals surface area contributed by atoms with E-state index >= 15 is 0 Å². The van der Waals surface area contributed by atoms with Crippen LogP contribution in [-0.2, 0) is 10.2 Å². The summed E-state index contributed by atoms with van der Waals surface area (Å²) in [4.78, 5) is 0. The molecule has 0 saturated heterocycles. The Bertz CT molecular complexity index is 414. The van der Waals surface area contributed by atoms with Gasteiger partial charge >= 0.3 is 0 Å². The predicted molar refractivity (Wildman–Crippen MR) is 64.2 cm³/mol. The molecule has 0 heterocycles. The van der Waals surface area contributed by atoms with Crippen LogP contribution in [0.3, 0.4) is 0 Å². The van der Waals surface area contributed by atoms with Gasteiger partial charge in [-0.2, -0.15) is 23.1 Å². The summed E-state index contributed by atoms with van der Waals surface area (Å²) in [5.74, 6) is 0.581. The first-order chi connectivity index (χ1) is 7.95. The van der Waals surface area contributed by atoms with Gasteiger partial charge in [-0.25, -0.2) is 0 Å². The van der Waals surface area contributed by atoms with Crippen molar-refractivity contribution in [1.82, 2.24) is 9.44 Å². The summed E-state index contributed by atoms with van der Waals surface area (Å²) >= 11 is 0. The Kier molecular flexibility index (Phi) is 3.43. The Labute approximate surface area is 103 Å². The molecule has 6 heteroatoms. The summed E-state index contributed by atoms with van der Waals surface area (Å²) in [6, 6.07) is 2.23. The van der Waals surface area contributed by atoms with Crippen LogP contribution in [-0.4, -0.2) is 20.0 Å². The molecule has 2 aliphatic rings. The van der Waals surface area contributed by atoms with Crippen LogP contribution in [0.15, 0.2) is 0 Å². The molecular weight excluding hydrogens is 238 g/mol. The monoisotopic (exact) mass is 257 g/mol. The second-order valence-corrected chi connectivity index (χ2v) is 6.82. The molecule has 17 heavy (non-hydrogen) atoms. The molecule has 0 bridgehead atoms. The van der Waals surface area contributed by atoms with Gasteiger partial charge < -0.3 is 0 Å². The van der Waals surface area contributed by atoms with Crippen molar-refractivity contribution in [2.24, 2.45) is 5.92 Å². The van der Waals surface area contributed by atoms with Crippen molar-refractivity contribution in [2.75, 3.05) is 0 Å². The largest absolute Gasteiger partial charge is 0.278 e. The maximum Gasteiger partial charge on any atom is 0.278 e. The van der Waals surface area contributed by atoms with Gasteiger partial charge in [0.25, 0.3) is 10.2 Å². The Hall–Kier alpha value is -0.640. The third-order valence-electron chi connectivity index (χ3n) is 3.57. The topological polar surface area (TPSA) is 82.0 Å². The lowest BCUT2D eigenvalue weighted by Gasteiger charge is -2.33. The van der Waals surface area contributed by atoms with E-state index in [9.17, 15) is 13.7 Å². The molecular formula is C11H19N3O2S. The lowest BCUT2D eigenvalue weighted by molar-refractivity contribution is 0.277. The van der Waals surface area contributed by atoms with Gasteiger partial charge in [-0.3, -0.25) is 0 Å². The Balaban J connectivity index is 2.01. The van der Waals surface area contributed by atoms with Crippen molar-refractivity contribution < 1.29 is 8.42 Å². The van der Waals surface area contributed by atoms with Gasteiger partial charge in [0, 0.05) is 6.04 Å². The molecule has 0 radical (unpaired) electrons. The quantitative estimate of drug-likeness (QED) is 0.789. The molecule has 2 saturated carbocycles. The molecule has 0 aromatic heterocycles. The molecule has 0 atom stereocenters. The minimum atomic E-state index is -3.53. The van der Waals surface area contributed by atoms with Crippen molar-refractivity contribution in [3.63, 3.8) is 0 Å². The maximum atomic E-state index is 11.8. The Morgan fingerprint density at radius 1 is 1.24 bits per heavy atom. The summed E-state index contributed by atoms with van der Waals surface area (Å²) in [5, 5.41) is 9.24.